The molecule has 0 amide bonds. The van der Waals surface area contributed by atoms with Crippen LogP contribution in [0.1, 0.15) is 0 Å². The van der Waals surface area contributed by atoms with E-state index in [-0.39, 0.29) is 0 Å². The molecule has 0 atom stereocenters. The molecule has 1 aromatic heterocycles. The van der Waals surface area contributed by atoms with Gasteiger partial charge in [0.2, 0.25) is 6.79 Å². The van der Waals surface area contributed by atoms with E-state index in [1.807, 2.05) is 36.5 Å². The van der Waals surface area contributed by atoms with E-state index >= 15 is 0 Å². The Balaban J connectivity index is 1.22. The van der Waals surface area contributed by atoms with Crippen LogP contribution in [0.4, 0.5) is 5.82 Å². The zero-order valence-corrected chi connectivity index (χ0v) is 13.6. The Labute approximate surface area is 141 Å². The molecule has 1 fully saturated rings. The molecule has 24 heavy (non-hydrogen) atoms. The lowest BCUT2D eigenvalue weighted by atomic mass is 10.3. The van der Waals surface area contributed by atoms with Crippen molar-refractivity contribution in [1.82, 2.24) is 9.88 Å². The third-order valence-electron chi connectivity index (χ3n) is 4.37. The summed E-state index contributed by atoms with van der Waals surface area (Å²) in [5.41, 5.74) is 0. The number of fused-ring (bicyclic) bond motifs is 1. The lowest BCUT2D eigenvalue weighted by Crippen LogP contribution is -2.47. The average molecular weight is 327 g/mol. The molecule has 2 aromatic rings. The number of nitrogens with zero attached hydrogens (tertiary/aromatic N) is 3. The molecule has 3 heterocycles. The highest BCUT2D eigenvalue weighted by atomic mass is 16.7. The van der Waals surface area contributed by atoms with Crippen LogP contribution in [0.25, 0.3) is 0 Å². The lowest BCUT2D eigenvalue weighted by Gasteiger charge is -2.35. The van der Waals surface area contributed by atoms with Crippen molar-refractivity contribution in [3.05, 3.63) is 42.6 Å². The molecule has 6 nitrogen and oxygen atoms in total. The number of ether oxygens (including phenoxy) is 3. The Morgan fingerprint density at radius 1 is 1.00 bits per heavy atom. The number of aromatic nitrogens is 1. The van der Waals surface area contributed by atoms with Gasteiger partial charge in [0.05, 0.1) is 0 Å². The van der Waals surface area contributed by atoms with E-state index in [0.717, 1.165) is 55.8 Å². The van der Waals surface area contributed by atoms with Gasteiger partial charge in [0.25, 0.3) is 0 Å². The van der Waals surface area contributed by atoms with Crippen LogP contribution in [0.15, 0.2) is 42.6 Å². The number of piperazine rings is 1. The third kappa shape index (κ3) is 3.38. The van der Waals surface area contributed by atoms with Crippen molar-refractivity contribution >= 4 is 5.82 Å². The molecule has 0 N–H and O–H groups in total. The van der Waals surface area contributed by atoms with Gasteiger partial charge in [0.15, 0.2) is 11.5 Å². The molecular formula is C18H21N3O3. The summed E-state index contributed by atoms with van der Waals surface area (Å²) in [7, 11) is 0. The Morgan fingerprint density at radius 2 is 1.88 bits per heavy atom. The summed E-state index contributed by atoms with van der Waals surface area (Å²) in [4.78, 5) is 9.17. The van der Waals surface area contributed by atoms with Crippen LogP contribution in [0, 0.1) is 0 Å². The maximum atomic E-state index is 5.84. The molecule has 0 saturated carbocycles. The minimum absolute atomic E-state index is 0.291. The molecule has 1 saturated heterocycles. The highest BCUT2D eigenvalue weighted by molar-refractivity contribution is 5.46. The van der Waals surface area contributed by atoms with Crippen LogP contribution in [0.3, 0.4) is 0 Å². The summed E-state index contributed by atoms with van der Waals surface area (Å²) in [6.07, 6.45) is 1.85. The van der Waals surface area contributed by atoms with E-state index in [9.17, 15) is 0 Å². The molecule has 6 heteroatoms. The summed E-state index contributed by atoms with van der Waals surface area (Å²) >= 11 is 0. The van der Waals surface area contributed by atoms with Gasteiger partial charge in [-0.15, -0.1) is 0 Å². The maximum Gasteiger partial charge on any atom is 0.231 e. The van der Waals surface area contributed by atoms with Gasteiger partial charge in [-0.1, -0.05) is 6.07 Å². The van der Waals surface area contributed by atoms with E-state index in [4.69, 9.17) is 14.2 Å². The van der Waals surface area contributed by atoms with Crippen molar-refractivity contribution < 1.29 is 14.2 Å². The first-order chi connectivity index (χ1) is 11.9. The molecule has 2 aliphatic heterocycles. The van der Waals surface area contributed by atoms with E-state index in [2.05, 4.69) is 20.9 Å². The van der Waals surface area contributed by atoms with Crippen LogP contribution in [-0.4, -0.2) is 56.0 Å². The van der Waals surface area contributed by atoms with Gasteiger partial charge in [-0.25, -0.2) is 4.98 Å². The van der Waals surface area contributed by atoms with E-state index < -0.39 is 0 Å². The predicted molar refractivity (Wildman–Crippen MR) is 91.0 cm³/mol. The highest BCUT2D eigenvalue weighted by Crippen LogP contribution is 2.35. The van der Waals surface area contributed by atoms with Crippen molar-refractivity contribution in [2.75, 3.05) is 51.0 Å². The van der Waals surface area contributed by atoms with Crippen LogP contribution < -0.4 is 19.1 Å². The summed E-state index contributed by atoms with van der Waals surface area (Å²) in [5, 5.41) is 0. The van der Waals surface area contributed by atoms with Gasteiger partial charge in [0.1, 0.15) is 18.2 Å². The minimum Gasteiger partial charge on any atom is -0.492 e. The first-order valence-corrected chi connectivity index (χ1v) is 8.29. The normalized spacial score (nSPS) is 17.1. The fraction of sp³-hybridized carbons (Fsp3) is 0.389. The van der Waals surface area contributed by atoms with Gasteiger partial charge in [-0.2, -0.15) is 0 Å². The quantitative estimate of drug-likeness (QED) is 0.837. The number of hydrogen-bond acceptors (Lipinski definition) is 6. The van der Waals surface area contributed by atoms with Crippen molar-refractivity contribution in [3.63, 3.8) is 0 Å². The molecule has 1 aromatic carbocycles. The van der Waals surface area contributed by atoms with E-state index in [0.29, 0.717) is 13.4 Å². The number of rotatable bonds is 5. The zero-order valence-electron chi connectivity index (χ0n) is 13.6. The molecule has 2 aliphatic rings. The van der Waals surface area contributed by atoms with Crippen LogP contribution in [0.2, 0.25) is 0 Å². The summed E-state index contributed by atoms with van der Waals surface area (Å²) in [6.45, 7) is 5.94. The molecule has 0 bridgehead atoms. The van der Waals surface area contributed by atoms with Gasteiger partial charge in [-0.05, 0) is 24.3 Å². The number of hydrogen-bond donors (Lipinski definition) is 0. The first kappa shape index (κ1) is 15.1. The van der Waals surface area contributed by atoms with Crippen LogP contribution in [0.5, 0.6) is 17.2 Å². The minimum atomic E-state index is 0.291. The summed E-state index contributed by atoms with van der Waals surface area (Å²) in [5.74, 6) is 3.43. The summed E-state index contributed by atoms with van der Waals surface area (Å²) in [6, 6.07) is 11.8. The smallest absolute Gasteiger partial charge is 0.231 e. The number of pyridine rings is 1. The molecule has 4 rings (SSSR count). The number of benzene rings is 1. The second kappa shape index (κ2) is 6.97. The molecule has 0 aliphatic carbocycles. The zero-order chi connectivity index (χ0) is 16.2. The maximum absolute atomic E-state index is 5.84. The fourth-order valence-electron chi connectivity index (χ4n) is 3.00. The molecule has 126 valence electrons. The van der Waals surface area contributed by atoms with E-state index in [1.165, 1.54) is 0 Å². The molecule has 0 spiro atoms. The Bertz CT molecular complexity index is 672. The third-order valence-corrected chi connectivity index (χ3v) is 4.37. The standard InChI is InChI=1S/C18H21N3O3/c1-2-6-19-18(3-1)21-9-7-20(8-10-21)11-12-22-15-4-5-16-17(13-15)24-14-23-16/h1-6,13H,7-12,14H2. The van der Waals surface area contributed by atoms with Crippen molar-refractivity contribution in [2.24, 2.45) is 0 Å². The van der Waals surface area contributed by atoms with Gasteiger partial charge in [-0.3, -0.25) is 4.90 Å². The second-order valence-corrected chi connectivity index (χ2v) is 5.88. The fourth-order valence-corrected chi connectivity index (χ4v) is 3.00. The molecule has 0 unspecified atom stereocenters. The van der Waals surface area contributed by atoms with E-state index in [1.54, 1.807) is 0 Å². The van der Waals surface area contributed by atoms with Crippen LogP contribution >= 0.6 is 0 Å². The highest BCUT2D eigenvalue weighted by Gasteiger charge is 2.18. The average Bonchev–Trinajstić information content (AvgIpc) is 3.11. The Morgan fingerprint density at radius 3 is 2.71 bits per heavy atom. The van der Waals surface area contributed by atoms with Gasteiger partial charge in [0, 0.05) is 45.0 Å². The van der Waals surface area contributed by atoms with Gasteiger partial charge >= 0.3 is 0 Å². The predicted octanol–water partition coefficient (Wildman–Crippen LogP) is 2.01. The number of anilines is 1. The van der Waals surface area contributed by atoms with Crippen molar-refractivity contribution in [1.29, 1.82) is 0 Å². The largest absolute Gasteiger partial charge is 0.492 e. The molecular weight excluding hydrogens is 306 g/mol. The Hall–Kier alpha value is -2.47. The molecule has 0 radical (unpaired) electrons. The van der Waals surface area contributed by atoms with Gasteiger partial charge < -0.3 is 19.1 Å². The lowest BCUT2D eigenvalue weighted by molar-refractivity contribution is 0.173. The van der Waals surface area contributed by atoms with Crippen molar-refractivity contribution in [3.8, 4) is 17.2 Å². The second-order valence-electron chi connectivity index (χ2n) is 5.88. The van der Waals surface area contributed by atoms with Crippen LogP contribution in [-0.2, 0) is 0 Å². The SMILES string of the molecule is c1ccc(N2CCN(CCOc3ccc4c(c3)OCO4)CC2)nc1. The Kier molecular flexibility index (Phi) is 4.38. The van der Waals surface area contributed by atoms with Crippen molar-refractivity contribution in [2.45, 2.75) is 0 Å². The first-order valence-electron chi connectivity index (χ1n) is 8.29. The summed E-state index contributed by atoms with van der Waals surface area (Å²) < 4.78 is 16.5. The topological polar surface area (TPSA) is 47.1 Å². The monoisotopic (exact) mass is 327 g/mol.